The van der Waals surface area contributed by atoms with Gasteiger partial charge in [-0.3, -0.25) is 19.2 Å². The van der Waals surface area contributed by atoms with E-state index in [0.29, 0.717) is 32.4 Å². The van der Waals surface area contributed by atoms with E-state index in [1.165, 1.54) is 0 Å². The van der Waals surface area contributed by atoms with Crippen LogP contribution in [0.25, 0.3) is 0 Å². The zero-order chi connectivity index (χ0) is 31.4. The van der Waals surface area contributed by atoms with Crippen LogP contribution in [0.1, 0.15) is 42.9 Å². The molecule has 4 aliphatic rings. The van der Waals surface area contributed by atoms with Crippen LogP contribution in [0.2, 0.25) is 0 Å². The van der Waals surface area contributed by atoms with E-state index in [1.807, 2.05) is 72.8 Å². The second kappa shape index (κ2) is 13.4. The van der Waals surface area contributed by atoms with Crippen LogP contribution in [-0.4, -0.2) is 82.6 Å². The van der Waals surface area contributed by atoms with Crippen molar-refractivity contribution in [1.29, 1.82) is 0 Å². The number of esters is 1. The number of hydrogen-bond acceptors (Lipinski definition) is 7. The van der Waals surface area contributed by atoms with Crippen molar-refractivity contribution in [3.05, 3.63) is 96.1 Å². The lowest BCUT2D eigenvalue weighted by Crippen LogP contribution is -2.55. The Hall–Kier alpha value is -4.28. The predicted molar refractivity (Wildman–Crippen MR) is 164 cm³/mol. The SMILES string of the molecule is O=C1CC/C=C\[C@H]2O[C@]34C=CCN(Cc5ccccc5)C(=O)[C@H]3N(CCCCO)C(=O)[C@@H]4[C@H]2C(=O)N[C@H](c2ccccc2)CO1. The first kappa shape index (κ1) is 30.7. The van der Waals surface area contributed by atoms with Gasteiger partial charge in [-0.25, -0.2) is 0 Å². The number of hydrogen-bond donors (Lipinski definition) is 2. The van der Waals surface area contributed by atoms with E-state index in [2.05, 4.69) is 5.32 Å². The molecule has 0 bridgehead atoms. The molecule has 10 nitrogen and oxygen atoms in total. The molecule has 2 saturated heterocycles. The number of aliphatic hydroxyl groups excluding tert-OH is 1. The first-order valence-electron chi connectivity index (χ1n) is 15.7. The molecule has 6 atom stereocenters. The number of fused-ring (bicyclic) bond motifs is 2. The molecule has 6 rings (SSSR count). The summed E-state index contributed by atoms with van der Waals surface area (Å²) in [6.07, 6.45) is 7.92. The molecule has 2 aromatic rings. The number of ether oxygens (including phenoxy) is 2. The maximum Gasteiger partial charge on any atom is 0.306 e. The molecular weight excluding hydrogens is 574 g/mol. The zero-order valence-corrected chi connectivity index (χ0v) is 25.1. The molecule has 0 aromatic heterocycles. The highest BCUT2D eigenvalue weighted by Gasteiger charge is 2.71. The molecular formula is C35H39N3O7. The first-order valence-corrected chi connectivity index (χ1v) is 15.7. The number of nitrogens with one attached hydrogen (secondary N) is 1. The number of likely N-dealkylation sites (tertiary alicyclic amines) is 1. The summed E-state index contributed by atoms with van der Waals surface area (Å²) >= 11 is 0. The number of allylic oxidation sites excluding steroid dienone is 1. The van der Waals surface area contributed by atoms with Crippen molar-refractivity contribution in [2.75, 3.05) is 26.3 Å². The van der Waals surface area contributed by atoms with E-state index >= 15 is 0 Å². The smallest absolute Gasteiger partial charge is 0.306 e. The number of carbonyl (C=O) groups excluding carboxylic acids is 4. The minimum absolute atomic E-state index is 0.0326. The van der Waals surface area contributed by atoms with Crippen LogP contribution in [0.3, 0.4) is 0 Å². The van der Waals surface area contributed by atoms with Crippen molar-refractivity contribution in [1.82, 2.24) is 15.1 Å². The normalized spacial score (nSPS) is 30.7. The van der Waals surface area contributed by atoms with Gasteiger partial charge < -0.3 is 29.7 Å². The van der Waals surface area contributed by atoms with Gasteiger partial charge in [0.1, 0.15) is 18.2 Å². The summed E-state index contributed by atoms with van der Waals surface area (Å²) < 4.78 is 12.3. The van der Waals surface area contributed by atoms with Crippen LogP contribution >= 0.6 is 0 Å². The Morgan fingerprint density at radius 2 is 1.69 bits per heavy atom. The van der Waals surface area contributed by atoms with E-state index in [-0.39, 0.29) is 44.0 Å². The molecule has 236 valence electrons. The number of cyclic esters (lactones) is 1. The summed E-state index contributed by atoms with van der Waals surface area (Å²) in [6.45, 7) is 0.855. The van der Waals surface area contributed by atoms with Crippen LogP contribution in [0.5, 0.6) is 0 Å². The Labute approximate surface area is 262 Å². The van der Waals surface area contributed by atoms with Gasteiger partial charge >= 0.3 is 5.97 Å². The lowest BCUT2D eigenvalue weighted by molar-refractivity contribution is -0.148. The maximum atomic E-state index is 14.4. The van der Waals surface area contributed by atoms with Crippen molar-refractivity contribution < 1.29 is 33.8 Å². The Kier molecular flexibility index (Phi) is 9.14. The quantitative estimate of drug-likeness (QED) is 0.280. The van der Waals surface area contributed by atoms with Gasteiger partial charge in [-0.15, -0.1) is 0 Å². The molecule has 4 aliphatic heterocycles. The number of amides is 3. The summed E-state index contributed by atoms with van der Waals surface area (Å²) in [6, 6.07) is 17.3. The number of benzene rings is 2. The van der Waals surface area contributed by atoms with Crippen LogP contribution in [0.15, 0.2) is 85.0 Å². The van der Waals surface area contributed by atoms with Crippen molar-refractivity contribution in [3.63, 3.8) is 0 Å². The largest absolute Gasteiger partial charge is 0.463 e. The average Bonchev–Trinajstić information content (AvgIpc) is 3.44. The zero-order valence-electron chi connectivity index (χ0n) is 25.1. The van der Waals surface area contributed by atoms with E-state index in [0.717, 1.165) is 11.1 Å². The van der Waals surface area contributed by atoms with Gasteiger partial charge in [0.15, 0.2) is 0 Å². The van der Waals surface area contributed by atoms with E-state index < -0.39 is 41.5 Å². The molecule has 2 fully saturated rings. The van der Waals surface area contributed by atoms with Gasteiger partial charge in [0.05, 0.1) is 24.0 Å². The van der Waals surface area contributed by atoms with Gasteiger partial charge in [0.25, 0.3) is 0 Å². The fraction of sp³-hybridized carbons (Fsp3) is 0.429. The topological polar surface area (TPSA) is 125 Å². The van der Waals surface area contributed by atoms with Crippen LogP contribution in [0.4, 0.5) is 0 Å². The van der Waals surface area contributed by atoms with E-state index in [9.17, 15) is 24.3 Å². The number of carbonyl (C=O) groups is 4. The molecule has 4 heterocycles. The Balaban J connectivity index is 1.39. The number of nitrogens with zero attached hydrogens (tertiary/aromatic N) is 2. The van der Waals surface area contributed by atoms with E-state index in [1.54, 1.807) is 22.0 Å². The second-order valence-corrected chi connectivity index (χ2v) is 12.0. The fourth-order valence-electron chi connectivity index (χ4n) is 7.06. The molecule has 2 N–H and O–H groups in total. The first-order chi connectivity index (χ1) is 21.9. The Morgan fingerprint density at radius 3 is 2.44 bits per heavy atom. The summed E-state index contributed by atoms with van der Waals surface area (Å²) in [5.41, 5.74) is 0.353. The highest BCUT2D eigenvalue weighted by molar-refractivity contribution is 5.99. The molecule has 45 heavy (non-hydrogen) atoms. The van der Waals surface area contributed by atoms with Gasteiger partial charge in [-0.05, 0) is 30.4 Å². The van der Waals surface area contributed by atoms with Crippen LogP contribution in [0, 0.1) is 11.8 Å². The number of aliphatic hydroxyl groups is 1. The highest BCUT2D eigenvalue weighted by Crippen LogP contribution is 2.53. The average molecular weight is 614 g/mol. The van der Waals surface area contributed by atoms with Gasteiger partial charge in [-0.2, -0.15) is 0 Å². The molecule has 0 saturated carbocycles. The molecule has 10 heteroatoms. The van der Waals surface area contributed by atoms with Gasteiger partial charge in [0.2, 0.25) is 17.7 Å². The van der Waals surface area contributed by atoms with Crippen LogP contribution < -0.4 is 5.32 Å². The molecule has 3 amide bonds. The minimum Gasteiger partial charge on any atom is -0.463 e. The number of unbranched alkanes of at least 4 members (excludes halogenated alkanes) is 1. The Morgan fingerprint density at radius 1 is 0.933 bits per heavy atom. The Bertz CT molecular complexity index is 1460. The van der Waals surface area contributed by atoms with Crippen molar-refractivity contribution in [2.45, 2.75) is 56.0 Å². The third-order valence-corrected chi connectivity index (χ3v) is 9.17. The second-order valence-electron chi connectivity index (χ2n) is 12.0. The molecule has 0 radical (unpaired) electrons. The summed E-state index contributed by atoms with van der Waals surface area (Å²) in [7, 11) is 0. The maximum absolute atomic E-state index is 14.4. The molecule has 0 aliphatic carbocycles. The predicted octanol–water partition coefficient (Wildman–Crippen LogP) is 2.69. The minimum atomic E-state index is -1.37. The summed E-state index contributed by atoms with van der Waals surface area (Å²) in [4.78, 5) is 58.9. The fourth-order valence-corrected chi connectivity index (χ4v) is 7.06. The number of rotatable bonds is 7. The monoisotopic (exact) mass is 613 g/mol. The standard InChI is InChI=1S/C35H39N3O7/c39-21-10-9-20-38-31-34(43)37(22-24-12-3-1-4-13-24)19-11-18-35(31)30(33(38)42)29-27(45-35)16-7-8-17-28(40)44-23-26(36-32(29)41)25-14-5-2-6-15-25/h1-7,11-16,18,26-27,29-31,39H,8-10,17,19-23H2,(H,36,41)/b16-7-/t26-,27+,29-,30-,31+,35-/m0/s1. The highest BCUT2D eigenvalue weighted by atomic mass is 16.5. The summed E-state index contributed by atoms with van der Waals surface area (Å²) in [5, 5.41) is 12.5. The lowest BCUT2D eigenvalue weighted by atomic mass is 9.77. The third-order valence-electron chi connectivity index (χ3n) is 9.17. The molecule has 2 aromatic carbocycles. The molecule has 0 unspecified atom stereocenters. The van der Waals surface area contributed by atoms with E-state index in [4.69, 9.17) is 9.47 Å². The van der Waals surface area contributed by atoms with Crippen molar-refractivity contribution in [2.24, 2.45) is 11.8 Å². The van der Waals surface area contributed by atoms with Crippen molar-refractivity contribution >= 4 is 23.7 Å². The summed E-state index contributed by atoms with van der Waals surface area (Å²) in [5.74, 6) is -3.23. The van der Waals surface area contributed by atoms with Crippen LogP contribution in [-0.2, 0) is 35.2 Å². The van der Waals surface area contributed by atoms with Gasteiger partial charge in [0, 0.05) is 32.7 Å². The van der Waals surface area contributed by atoms with Crippen molar-refractivity contribution in [3.8, 4) is 0 Å². The third kappa shape index (κ3) is 6.04. The van der Waals surface area contributed by atoms with Gasteiger partial charge in [-0.1, -0.05) is 85.0 Å². The molecule has 1 spiro atoms. The lowest BCUT2D eigenvalue weighted by Gasteiger charge is -2.35.